The second-order valence-electron chi connectivity index (χ2n) is 5.40. The molecule has 0 saturated carbocycles. The number of non-ortho nitro benzene ring substituents is 1. The molecule has 0 bridgehead atoms. The Hall–Kier alpha value is -3.80. The number of carbonyl (C=O) groups excluding carboxylic acids is 1. The summed E-state index contributed by atoms with van der Waals surface area (Å²) in [5.41, 5.74) is 0.260. The Morgan fingerprint density at radius 3 is 2.57 bits per heavy atom. The third-order valence-electron chi connectivity index (χ3n) is 3.38. The minimum Gasteiger partial charge on any atom is -0.411 e. The number of amides is 1. The van der Waals surface area contributed by atoms with Crippen molar-refractivity contribution in [3.63, 3.8) is 0 Å². The number of benzene rings is 2. The summed E-state index contributed by atoms with van der Waals surface area (Å²) in [7, 11) is 0. The zero-order valence-electron chi connectivity index (χ0n) is 14.2. The van der Waals surface area contributed by atoms with E-state index in [0.717, 1.165) is 23.9 Å². The number of nitrogens with one attached hydrogen (secondary N) is 1. The summed E-state index contributed by atoms with van der Waals surface area (Å²) in [6.07, 6.45) is 0. The largest absolute Gasteiger partial charge is 0.411 e. The molecular formula is C16H11N5O6S. The van der Waals surface area contributed by atoms with Crippen LogP contribution in [0.2, 0.25) is 0 Å². The normalized spacial score (nSPS) is 10.5. The molecule has 0 aliphatic heterocycles. The summed E-state index contributed by atoms with van der Waals surface area (Å²) in [5.74, 6) is -0.0799. The van der Waals surface area contributed by atoms with Crippen LogP contribution in [0.25, 0.3) is 11.5 Å². The van der Waals surface area contributed by atoms with Gasteiger partial charge in [-0.25, -0.2) is 0 Å². The minimum atomic E-state index is -0.719. The van der Waals surface area contributed by atoms with Crippen LogP contribution in [-0.4, -0.2) is 26.0 Å². The molecule has 28 heavy (non-hydrogen) atoms. The molecule has 3 aromatic rings. The molecule has 1 aromatic heterocycles. The lowest BCUT2D eigenvalue weighted by Crippen LogP contribution is -2.05. The first-order chi connectivity index (χ1) is 13.3. The second-order valence-corrected chi connectivity index (χ2v) is 6.40. The lowest BCUT2D eigenvalue weighted by atomic mass is 10.2. The number of aromatic nitrogens is 2. The molecule has 0 atom stereocenters. The van der Waals surface area contributed by atoms with Gasteiger partial charge in [-0.1, -0.05) is 6.07 Å². The summed E-state index contributed by atoms with van der Waals surface area (Å²) >= 11 is 0.819. The molecule has 1 heterocycles. The predicted molar refractivity (Wildman–Crippen MR) is 97.9 cm³/mol. The average molecular weight is 401 g/mol. The standard InChI is InChI=1S/C16H11N5O6S/c1-9(22)17-11-4-2-3-10(7-11)15-18-19-16(27-15)28-14-6-5-12(20(23)24)8-13(14)21(25)26/h2-8H,1H3,(H,17,22). The number of hydrogen-bond donors (Lipinski definition) is 1. The van der Waals surface area contributed by atoms with Crippen LogP contribution in [0, 0.1) is 20.2 Å². The molecule has 11 nitrogen and oxygen atoms in total. The van der Waals surface area contributed by atoms with Gasteiger partial charge in [-0.2, -0.15) is 0 Å². The summed E-state index contributed by atoms with van der Waals surface area (Å²) in [4.78, 5) is 31.9. The Balaban J connectivity index is 1.87. The topological polar surface area (TPSA) is 154 Å². The molecule has 0 fully saturated rings. The number of rotatable bonds is 6. The van der Waals surface area contributed by atoms with Gasteiger partial charge in [0, 0.05) is 24.2 Å². The van der Waals surface area contributed by atoms with Crippen LogP contribution in [0.4, 0.5) is 17.1 Å². The highest BCUT2D eigenvalue weighted by Gasteiger charge is 2.22. The van der Waals surface area contributed by atoms with E-state index in [0.29, 0.717) is 11.3 Å². The maximum absolute atomic E-state index is 11.2. The van der Waals surface area contributed by atoms with E-state index in [2.05, 4.69) is 15.5 Å². The number of hydrogen-bond acceptors (Lipinski definition) is 9. The molecule has 1 amide bonds. The van der Waals surface area contributed by atoms with Gasteiger partial charge in [0.05, 0.1) is 20.8 Å². The zero-order valence-corrected chi connectivity index (χ0v) is 15.0. The second kappa shape index (κ2) is 7.84. The highest BCUT2D eigenvalue weighted by atomic mass is 32.2. The lowest BCUT2D eigenvalue weighted by molar-refractivity contribution is -0.396. The van der Waals surface area contributed by atoms with Gasteiger partial charge in [0.2, 0.25) is 11.8 Å². The van der Waals surface area contributed by atoms with Crippen LogP contribution in [-0.2, 0) is 4.79 Å². The van der Waals surface area contributed by atoms with Crippen molar-refractivity contribution in [1.29, 1.82) is 0 Å². The number of nitrogens with zero attached hydrogens (tertiary/aromatic N) is 4. The molecule has 2 aromatic carbocycles. The van der Waals surface area contributed by atoms with Crippen molar-refractivity contribution in [1.82, 2.24) is 10.2 Å². The summed E-state index contributed by atoms with van der Waals surface area (Å²) in [6.45, 7) is 1.38. The van der Waals surface area contributed by atoms with Crippen molar-refractivity contribution in [2.45, 2.75) is 17.0 Å². The summed E-state index contributed by atoms with van der Waals surface area (Å²) < 4.78 is 5.52. The first kappa shape index (κ1) is 19.0. The highest BCUT2D eigenvalue weighted by molar-refractivity contribution is 7.99. The van der Waals surface area contributed by atoms with E-state index >= 15 is 0 Å². The maximum atomic E-state index is 11.2. The van der Waals surface area contributed by atoms with Crippen LogP contribution in [0.15, 0.2) is 57.0 Å². The first-order valence-corrected chi connectivity index (χ1v) is 8.47. The molecular weight excluding hydrogens is 390 g/mol. The summed E-state index contributed by atoms with van der Waals surface area (Å²) in [5, 5.41) is 32.4. The van der Waals surface area contributed by atoms with Gasteiger partial charge in [-0.3, -0.25) is 25.0 Å². The van der Waals surface area contributed by atoms with E-state index in [1.54, 1.807) is 24.3 Å². The molecule has 0 spiro atoms. The van der Waals surface area contributed by atoms with Crippen molar-refractivity contribution >= 4 is 34.7 Å². The fourth-order valence-electron chi connectivity index (χ4n) is 2.24. The van der Waals surface area contributed by atoms with Gasteiger partial charge in [0.25, 0.3) is 16.6 Å². The van der Waals surface area contributed by atoms with E-state index in [-0.39, 0.29) is 21.9 Å². The van der Waals surface area contributed by atoms with Gasteiger partial charge in [-0.15, -0.1) is 10.2 Å². The third kappa shape index (κ3) is 4.29. The van der Waals surface area contributed by atoms with E-state index in [9.17, 15) is 25.0 Å². The van der Waals surface area contributed by atoms with Crippen molar-refractivity contribution in [2.75, 3.05) is 5.32 Å². The SMILES string of the molecule is CC(=O)Nc1cccc(-c2nnc(Sc3ccc([N+](=O)[O-])cc3[N+](=O)[O-])o2)c1. The van der Waals surface area contributed by atoms with Crippen LogP contribution in [0.5, 0.6) is 0 Å². The van der Waals surface area contributed by atoms with Crippen molar-refractivity contribution in [3.05, 3.63) is 62.7 Å². The Morgan fingerprint density at radius 2 is 1.89 bits per heavy atom. The first-order valence-electron chi connectivity index (χ1n) is 7.65. The quantitative estimate of drug-likeness (QED) is 0.481. The van der Waals surface area contributed by atoms with E-state index in [1.165, 1.54) is 13.0 Å². The lowest BCUT2D eigenvalue weighted by Gasteiger charge is -2.02. The number of nitro groups is 2. The molecule has 0 radical (unpaired) electrons. The molecule has 0 aliphatic rings. The van der Waals surface area contributed by atoms with E-state index in [1.807, 2.05) is 0 Å². The molecule has 12 heteroatoms. The Bertz CT molecular complexity index is 1080. The fourth-order valence-corrected chi connectivity index (χ4v) is 3.01. The van der Waals surface area contributed by atoms with E-state index in [4.69, 9.17) is 4.42 Å². The maximum Gasteiger partial charge on any atom is 0.290 e. The molecule has 142 valence electrons. The smallest absolute Gasteiger partial charge is 0.290 e. The van der Waals surface area contributed by atoms with E-state index < -0.39 is 21.2 Å². The predicted octanol–water partition coefficient (Wildman–Crippen LogP) is 3.66. The van der Waals surface area contributed by atoms with Gasteiger partial charge in [0.1, 0.15) is 0 Å². The monoisotopic (exact) mass is 401 g/mol. The molecule has 3 rings (SSSR count). The van der Waals surface area contributed by atoms with Gasteiger partial charge >= 0.3 is 0 Å². The molecule has 0 unspecified atom stereocenters. The molecule has 0 aliphatic carbocycles. The molecule has 0 saturated heterocycles. The Morgan fingerprint density at radius 1 is 1.11 bits per heavy atom. The van der Waals surface area contributed by atoms with Crippen LogP contribution in [0.1, 0.15) is 6.92 Å². The minimum absolute atomic E-state index is 0.0249. The van der Waals surface area contributed by atoms with Gasteiger partial charge < -0.3 is 9.73 Å². The van der Waals surface area contributed by atoms with Crippen LogP contribution < -0.4 is 5.32 Å². The van der Waals surface area contributed by atoms with Crippen molar-refractivity contribution < 1.29 is 19.1 Å². The number of anilines is 1. The van der Waals surface area contributed by atoms with Crippen LogP contribution in [0.3, 0.4) is 0 Å². The molecule has 1 N–H and O–H groups in total. The van der Waals surface area contributed by atoms with Crippen molar-refractivity contribution in [3.8, 4) is 11.5 Å². The van der Waals surface area contributed by atoms with Gasteiger partial charge in [0.15, 0.2) is 0 Å². The number of carbonyl (C=O) groups is 1. The Kier molecular flexibility index (Phi) is 5.31. The van der Waals surface area contributed by atoms with Crippen LogP contribution >= 0.6 is 11.8 Å². The zero-order chi connectivity index (χ0) is 20.3. The summed E-state index contributed by atoms with van der Waals surface area (Å²) in [6, 6.07) is 10.00. The highest BCUT2D eigenvalue weighted by Crippen LogP contribution is 2.37. The number of nitro benzene ring substituents is 2. The van der Waals surface area contributed by atoms with Crippen molar-refractivity contribution in [2.24, 2.45) is 0 Å². The third-order valence-corrected chi connectivity index (χ3v) is 4.29. The fraction of sp³-hybridized carbons (Fsp3) is 0.0625. The van der Waals surface area contributed by atoms with Gasteiger partial charge in [-0.05, 0) is 36.0 Å². The average Bonchev–Trinajstić information content (AvgIpc) is 3.10. The Labute approximate surface area is 161 Å².